The maximum atomic E-state index is 12.7. The van der Waals surface area contributed by atoms with E-state index < -0.39 is 11.5 Å². The fraction of sp³-hybridized carbons (Fsp3) is 0.267. The lowest BCUT2D eigenvalue weighted by Gasteiger charge is -2.16. The van der Waals surface area contributed by atoms with Crippen molar-refractivity contribution in [2.45, 2.75) is 18.5 Å². The maximum absolute atomic E-state index is 12.7. The number of amides is 1. The van der Waals surface area contributed by atoms with Crippen LogP contribution >= 0.6 is 11.8 Å². The first kappa shape index (κ1) is 16.9. The van der Waals surface area contributed by atoms with E-state index in [1.54, 1.807) is 31.2 Å². The number of para-hydroxylation sites is 2. The molecule has 2 rings (SSSR count). The van der Waals surface area contributed by atoms with Crippen LogP contribution in [0.3, 0.4) is 0 Å². The van der Waals surface area contributed by atoms with Gasteiger partial charge < -0.3 is 15.6 Å². The van der Waals surface area contributed by atoms with Crippen LogP contribution < -0.4 is 16.0 Å². The van der Waals surface area contributed by atoms with Crippen LogP contribution in [0.25, 0.3) is 5.69 Å². The number of methoxy groups -OCH3 is 1. The Hall–Kier alpha value is -2.48. The predicted octanol–water partition coefficient (Wildman–Crippen LogP) is 1.09. The number of rotatable bonds is 6. The number of primary amides is 1. The van der Waals surface area contributed by atoms with Gasteiger partial charge in [0.2, 0.25) is 11.8 Å². The zero-order valence-electron chi connectivity index (χ0n) is 12.8. The summed E-state index contributed by atoms with van der Waals surface area (Å²) in [5.74, 6) is -0.470. The van der Waals surface area contributed by atoms with Crippen LogP contribution in [0.5, 0.6) is 11.6 Å². The van der Waals surface area contributed by atoms with E-state index in [0.717, 1.165) is 11.8 Å². The van der Waals surface area contributed by atoms with Crippen LogP contribution in [0.15, 0.2) is 34.2 Å². The van der Waals surface area contributed by atoms with Crippen molar-refractivity contribution in [3.05, 3.63) is 40.2 Å². The molecule has 0 unspecified atom stereocenters. The maximum Gasteiger partial charge on any atom is 0.265 e. The highest BCUT2D eigenvalue weighted by atomic mass is 32.2. The molecule has 1 heterocycles. The molecule has 2 aromatic rings. The van der Waals surface area contributed by atoms with Crippen molar-refractivity contribution in [2.24, 2.45) is 5.73 Å². The Balaban J connectivity index is 2.72. The van der Waals surface area contributed by atoms with Crippen LogP contribution in [-0.2, 0) is 11.2 Å². The van der Waals surface area contributed by atoms with E-state index in [-0.39, 0.29) is 22.4 Å². The number of aromatic hydroxyl groups is 1. The summed E-state index contributed by atoms with van der Waals surface area (Å²) >= 11 is 0.978. The largest absolute Gasteiger partial charge is 0.495 e. The van der Waals surface area contributed by atoms with E-state index in [2.05, 4.69) is 4.98 Å². The Morgan fingerprint density at radius 3 is 2.74 bits per heavy atom. The van der Waals surface area contributed by atoms with Crippen molar-refractivity contribution in [1.29, 1.82) is 0 Å². The van der Waals surface area contributed by atoms with Crippen LogP contribution in [0.1, 0.15) is 12.5 Å². The third-order valence-electron chi connectivity index (χ3n) is 3.15. The molecule has 23 heavy (non-hydrogen) atoms. The number of ether oxygens (including phenoxy) is 1. The molecule has 7 nitrogen and oxygen atoms in total. The molecule has 3 N–H and O–H groups in total. The topological polar surface area (TPSA) is 107 Å². The molecule has 0 aliphatic carbocycles. The summed E-state index contributed by atoms with van der Waals surface area (Å²) in [7, 11) is 1.49. The second kappa shape index (κ2) is 7.19. The summed E-state index contributed by atoms with van der Waals surface area (Å²) in [5, 5.41) is 10.1. The van der Waals surface area contributed by atoms with Crippen molar-refractivity contribution >= 4 is 17.7 Å². The van der Waals surface area contributed by atoms with E-state index in [4.69, 9.17) is 10.5 Å². The fourth-order valence-corrected chi connectivity index (χ4v) is 2.83. The Labute approximate surface area is 137 Å². The Kier molecular flexibility index (Phi) is 5.28. The minimum absolute atomic E-state index is 0.0630. The number of nitrogens with two attached hydrogens (primary N) is 1. The average Bonchev–Trinajstić information content (AvgIpc) is 2.53. The molecule has 0 saturated heterocycles. The molecular weight excluding hydrogens is 318 g/mol. The van der Waals surface area contributed by atoms with Crippen molar-refractivity contribution in [2.75, 3.05) is 12.9 Å². The number of hydrogen-bond donors (Lipinski definition) is 2. The minimum Gasteiger partial charge on any atom is -0.495 e. The van der Waals surface area contributed by atoms with Gasteiger partial charge in [0.25, 0.3) is 5.56 Å². The minimum atomic E-state index is -0.546. The summed E-state index contributed by atoms with van der Waals surface area (Å²) in [6, 6.07) is 6.94. The monoisotopic (exact) mass is 335 g/mol. The van der Waals surface area contributed by atoms with Gasteiger partial charge in [-0.15, -0.1) is 0 Å². The van der Waals surface area contributed by atoms with Crippen LogP contribution in [0.4, 0.5) is 0 Å². The summed E-state index contributed by atoms with van der Waals surface area (Å²) < 4.78 is 6.61. The van der Waals surface area contributed by atoms with Gasteiger partial charge in [0.15, 0.2) is 5.16 Å². The van der Waals surface area contributed by atoms with Crippen molar-refractivity contribution in [1.82, 2.24) is 9.55 Å². The first-order valence-electron chi connectivity index (χ1n) is 6.89. The molecule has 0 bridgehead atoms. The second-order valence-electron chi connectivity index (χ2n) is 4.62. The molecular formula is C15H17N3O4S. The highest BCUT2D eigenvalue weighted by Gasteiger charge is 2.19. The van der Waals surface area contributed by atoms with Gasteiger partial charge in [-0.3, -0.25) is 14.2 Å². The van der Waals surface area contributed by atoms with Crippen LogP contribution in [0, 0.1) is 0 Å². The van der Waals surface area contributed by atoms with Gasteiger partial charge in [-0.05, 0) is 18.6 Å². The molecule has 0 spiro atoms. The third-order valence-corrected chi connectivity index (χ3v) is 4.11. The van der Waals surface area contributed by atoms with Gasteiger partial charge in [-0.25, -0.2) is 0 Å². The number of nitrogens with zero attached hydrogens (tertiary/aromatic N) is 2. The molecule has 0 aliphatic rings. The standard InChI is InChI=1S/C15H17N3O4S/c1-3-9-13(20)17-15(23-8-12(16)19)18(14(9)21)10-6-4-5-7-11(10)22-2/h4-7,20H,3,8H2,1-2H3,(H2,16,19). The van der Waals surface area contributed by atoms with Crippen LogP contribution in [-0.4, -0.2) is 33.4 Å². The van der Waals surface area contributed by atoms with Gasteiger partial charge in [0, 0.05) is 0 Å². The number of carbonyl (C=O) groups excluding carboxylic acids is 1. The fourth-order valence-electron chi connectivity index (χ4n) is 2.09. The zero-order valence-corrected chi connectivity index (χ0v) is 13.6. The molecule has 1 amide bonds. The average molecular weight is 335 g/mol. The van der Waals surface area contributed by atoms with E-state index in [1.165, 1.54) is 11.7 Å². The molecule has 0 atom stereocenters. The van der Waals surface area contributed by atoms with Crippen molar-refractivity contribution in [3.63, 3.8) is 0 Å². The van der Waals surface area contributed by atoms with Gasteiger partial charge in [-0.1, -0.05) is 30.8 Å². The summed E-state index contributed by atoms with van der Waals surface area (Å²) in [6.07, 6.45) is 0.327. The Morgan fingerprint density at radius 2 is 2.13 bits per heavy atom. The molecule has 1 aromatic heterocycles. The van der Waals surface area contributed by atoms with Gasteiger partial charge >= 0.3 is 0 Å². The molecule has 8 heteroatoms. The molecule has 122 valence electrons. The molecule has 0 saturated carbocycles. The summed E-state index contributed by atoms with van der Waals surface area (Å²) in [5.41, 5.74) is 5.42. The lowest BCUT2D eigenvalue weighted by molar-refractivity contribution is -0.115. The third kappa shape index (κ3) is 3.48. The zero-order chi connectivity index (χ0) is 17.0. The first-order chi connectivity index (χ1) is 11.0. The number of thioether (sulfide) groups is 1. The van der Waals surface area contributed by atoms with E-state index in [9.17, 15) is 14.7 Å². The highest BCUT2D eigenvalue weighted by Crippen LogP contribution is 2.27. The number of aromatic nitrogens is 2. The van der Waals surface area contributed by atoms with Gasteiger partial charge in [-0.2, -0.15) is 4.98 Å². The van der Waals surface area contributed by atoms with Crippen molar-refractivity contribution in [3.8, 4) is 17.3 Å². The number of hydrogen-bond acceptors (Lipinski definition) is 6. The van der Waals surface area contributed by atoms with Crippen LogP contribution in [0.2, 0.25) is 0 Å². The molecule has 0 radical (unpaired) electrons. The van der Waals surface area contributed by atoms with E-state index >= 15 is 0 Å². The summed E-state index contributed by atoms with van der Waals surface area (Å²) in [4.78, 5) is 27.8. The number of carbonyl (C=O) groups is 1. The van der Waals surface area contributed by atoms with Gasteiger partial charge in [0.1, 0.15) is 5.75 Å². The van der Waals surface area contributed by atoms with E-state index in [0.29, 0.717) is 17.9 Å². The molecule has 0 aliphatic heterocycles. The molecule has 1 aromatic carbocycles. The summed E-state index contributed by atoms with van der Waals surface area (Å²) in [6.45, 7) is 1.75. The normalized spacial score (nSPS) is 10.5. The SMILES string of the molecule is CCc1c(O)nc(SCC(N)=O)n(-c2ccccc2OC)c1=O. The smallest absolute Gasteiger partial charge is 0.265 e. The Bertz CT molecular complexity index is 789. The van der Waals surface area contributed by atoms with Crippen molar-refractivity contribution < 1.29 is 14.6 Å². The highest BCUT2D eigenvalue weighted by molar-refractivity contribution is 7.99. The Morgan fingerprint density at radius 1 is 1.43 bits per heavy atom. The number of benzene rings is 1. The van der Waals surface area contributed by atoms with E-state index in [1.807, 2.05) is 0 Å². The lowest BCUT2D eigenvalue weighted by Crippen LogP contribution is -2.26. The quantitative estimate of drug-likeness (QED) is 0.604. The van der Waals surface area contributed by atoms with Gasteiger partial charge in [0.05, 0.1) is 24.1 Å². The second-order valence-corrected chi connectivity index (χ2v) is 5.56. The lowest BCUT2D eigenvalue weighted by atomic mass is 10.2. The first-order valence-corrected chi connectivity index (χ1v) is 7.87. The predicted molar refractivity (Wildman–Crippen MR) is 87.3 cm³/mol. The molecule has 0 fully saturated rings.